The van der Waals surface area contributed by atoms with Gasteiger partial charge in [0, 0.05) is 17.5 Å². The van der Waals surface area contributed by atoms with Gasteiger partial charge >= 0.3 is 0 Å². The van der Waals surface area contributed by atoms with Crippen LogP contribution in [0.4, 0.5) is 0 Å². The Hall–Kier alpha value is -0.600. The first kappa shape index (κ1) is 10.5. The van der Waals surface area contributed by atoms with Crippen molar-refractivity contribution < 1.29 is 0 Å². The lowest BCUT2D eigenvalue weighted by Crippen LogP contribution is -2.19. The molecule has 0 aliphatic heterocycles. The maximum absolute atomic E-state index is 3.97. The Morgan fingerprint density at radius 3 is 3.00 bits per heavy atom. The zero-order valence-corrected chi connectivity index (χ0v) is 9.16. The lowest BCUT2D eigenvalue weighted by atomic mass is 10.2. The number of rotatable bonds is 5. The van der Waals surface area contributed by atoms with Crippen LogP contribution in [0.3, 0.4) is 0 Å². The summed E-state index contributed by atoms with van der Waals surface area (Å²) < 4.78 is 0. The minimum atomic E-state index is 0.447. The molecule has 1 nitrogen and oxygen atoms in total. The van der Waals surface area contributed by atoms with Gasteiger partial charge < -0.3 is 5.32 Å². The molecule has 0 saturated carbocycles. The first-order chi connectivity index (χ1) is 6.24. The van der Waals surface area contributed by atoms with E-state index in [1.807, 2.05) is 0 Å². The van der Waals surface area contributed by atoms with Gasteiger partial charge in [-0.25, -0.2) is 0 Å². The van der Waals surface area contributed by atoms with Crippen molar-refractivity contribution in [3.63, 3.8) is 0 Å². The van der Waals surface area contributed by atoms with E-state index in [1.165, 1.54) is 10.5 Å². The summed E-state index contributed by atoms with van der Waals surface area (Å²) in [4.78, 5) is 1.39. The molecule has 0 bridgehead atoms. The molecule has 2 heteroatoms. The molecule has 1 aromatic rings. The smallest absolute Gasteiger partial charge is 0.0388 e. The van der Waals surface area contributed by atoms with Gasteiger partial charge in [-0.3, -0.25) is 0 Å². The second-order valence-corrected chi connectivity index (χ2v) is 4.20. The van der Waals surface area contributed by atoms with Gasteiger partial charge in [-0.15, -0.1) is 11.3 Å². The SMILES string of the molecule is C=C(CC)CN[C@@H](C)c1cccs1. The van der Waals surface area contributed by atoms with Gasteiger partial charge in [0.15, 0.2) is 0 Å². The van der Waals surface area contributed by atoms with Crippen molar-refractivity contribution in [1.82, 2.24) is 5.32 Å². The van der Waals surface area contributed by atoms with Crippen molar-refractivity contribution in [3.05, 3.63) is 34.5 Å². The molecule has 1 atom stereocenters. The summed E-state index contributed by atoms with van der Waals surface area (Å²) in [5.41, 5.74) is 1.27. The molecule has 0 aliphatic rings. The normalized spacial score (nSPS) is 12.8. The molecular weight excluding hydrogens is 178 g/mol. The molecule has 0 unspecified atom stereocenters. The third-order valence-electron chi connectivity index (χ3n) is 2.13. The minimum absolute atomic E-state index is 0.447. The average Bonchev–Trinajstić information content (AvgIpc) is 2.66. The average molecular weight is 195 g/mol. The lowest BCUT2D eigenvalue weighted by Gasteiger charge is -2.12. The molecule has 0 spiro atoms. The van der Waals surface area contributed by atoms with E-state index in [4.69, 9.17) is 0 Å². The first-order valence-corrected chi connectivity index (χ1v) is 5.55. The van der Waals surface area contributed by atoms with E-state index in [9.17, 15) is 0 Å². The Morgan fingerprint density at radius 1 is 1.69 bits per heavy atom. The quantitative estimate of drug-likeness (QED) is 0.710. The summed E-state index contributed by atoms with van der Waals surface area (Å²) in [6.45, 7) is 9.22. The van der Waals surface area contributed by atoms with Gasteiger partial charge in [0.1, 0.15) is 0 Å². The highest BCUT2D eigenvalue weighted by atomic mass is 32.1. The number of hydrogen-bond acceptors (Lipinski definition) is 2. The third kappa shape index (κ3) is 3.33. The van der Waals surface area contributed by atoms with Crippen molar-refractivity contribution in [2.45, 2.75) is 26.3 Å². The molecule has 0 aromatic carbocycles. The van der Waals surface area contributed by atoms with Gasteiger partial charge in [-0.2, -0.15) is 0 Å². The van der Waals surface area contributed by atoms with Crippen molar-refractivity contribution >= 4 is 11.3 Å². The Balaban J connectivity index is 2.34. The summed E-state index contributed by atoms with van der Waals surface area (Å²) >= 11 is 1.80. The monoisotopic (exact) mass is 195 g/mol. The van der Waals surface area contributed by atoms with Crippen LogP contribution < -0.4 is 5.32 Å². The fourth-order valence-electron chi connectivity index (χ4n) is 1.06. The third-order valence-corrected chi connectivity index (χ3v) is 3.18. The Morgan fingerprint density at radius 2 is 2.46 bits per heavy atom. The molecule has 0 fully saturated rings. The number of thiophene rings is 1. The zero-order chi connectivity index (χ0) is 9.68. The second-order valence-electron chi connectivity index (χ2n) is 3.22. The van der Waals surface area contributed by atoms with Crippen molar-refractivity contribution in [2.24, 2.45) is 0 Å². The molecular formula is C11H17NS. The van der Waals surface area contributed by atoms with E-state index in [0.29, 0.717) is 6.04 Å². The zero-order valence-electron chi connectivity index (χ0n) is 8.34. The van der Waals surface area contributed by atoms with Crippen LogP contribution in [0.1, 0.15) is 31.2 Å². The fraction of sp³-hybridized carbons (Fsp3) is 0.455. The topological polar surface area (TPSA) is 12.0 Å². The molecule has 0 aliphatic carbocycles. The van der Waals surface area contributed by atoms with Crippen molar-refractivity contribution in [2.75, 3.05) is 6.54 Å². The number of nitrogens with one attached hydrogen (secondary N) is 1. The lowest BCUT2D eigenvalue weighted by molar-refractivity contribution is 0.611. The highest BCUT2D eigenvalue weighted by Crippen LogP contribution is 2.18. The second kappa shape index (κ2) is 5.20. The standard InChI is InChI=1S/C11H17NS/c1-4-9(2)8-12-10(3)11-6-5-7-13-11/h5-7,10,12H,2,4,8H2,1,3H3/t10-/m0/s1. The minimum Gasteiger partial charge on any atom is -0.306 e. The predicted octanol–water partition coefficient (Wildman–Crippen LogP) is 3.36. The highest BCUT2D eigenvalue weighted by Gasteiger charge is 2.04. The van der Waals surface area contributed by atoms with Gasteiger partial charge in [0.2, 0.25) is 0 Å². The Labute approximate surface area is 84.5 Å². The van der Waals surface area contributed by atoms with Crippen molar-refractivity contribution in [3.8, 4) is 0 Å². The van der Waals surface area contributed by atoms with E-state index < -0.39 is 0 Å². The van der Waals surface area contributed by atoms with E-state index >= 15 is 0 Å². The summed E-state index contributed by atoms with van der Waals surface area (Å²) in [5.74, 6) is 0. The fourth-order valence-corrected chi connectivity index (χ4v) is 1.82. The van der Waals surface area contributed by atoms with Crippen LogP contribution in [0.2, 0.25) is 0 Å². The molecule has 1 aromatic heterocycles. The molecule has 1 N–H and O–H groups in total. The number of hydrogen-bond donors (Lipinski definition) is 1. The van der Waals surface area contributed by atoms with Crippen LogP contribution in [0, 0.1) is 0 Å². The molecule has 13 heavy (non-hydrogen) atoms. The summed E-state index contributed by atoms with van der Waals surface area (Å²) in [6, 6.07) is 4.70. The van der Waals surface area contributed by atoms with E-state index in [0.717, 1.165) is 13.0 Å². The van der Waals surface area contributed by atoms with Crippen LogP contribution >= 0.6 is 11.3 Å². The molecule has 72 valence electrons. The largest absolute Gasteiger partial charge is 0.306 e. The first-order valence-electron chi connectivity index (χ1n) is 4.67. The van der Waals surface area contributed by atoms with Gasteiger partial charge in [0.25, 0.3) is 0 Å². The molecule has 0 radical (unpaired) electrons. The van der Waals surface area contributed by atoms with Gasteiger partial charge in [-0.05, 0) is 24.8 Å². The summed E-state index contributed by atoms with van der Waals surface area (Å²) in [6.07, 6.45) is 1.06. The van der Waals surface area contributed by atoms with E-state index in [2.05, 4.69) is 43.3 Å². The predicted molar refractivity (Wildman–Crippen MR) is 60.2 cm³/mol. The summed E-state index contributed by atoms with van der Waals surface area (Å²) in [5, 5.41) is 5.56. The van der Waals surface area contributed by atoms with Gasteiger partial charge in [0.05, 0.1) is 0 Å². The van der Waals surface area contributed by atoms with Crippen LogP contribution in [-0.4, -0.2) is 6.54 Å². The maximum Gasteiger partial charge on any atom is 0.0388 e. The van der Waals surface area contributed by atoms with Crippen molar-refractivity contribution in [1.29, 1.82) is 0 Å². The molecule has 1 heterocycles. The van der Waals surface area contributed by atoms with E-state index in [-0.39, 0.29) is 0 Å². The van der Waals surface area contributed by atoms with Crippen LogP contribution in [0.25, 0.3) is 0 Å². The maximum atomic E-state index is 3.97. The molecule has 1 rings (SSSR count). The van der Waals surface area contributed by atoms with Crippen LogP contribution in [0.5, 0.6) is 0 Å². The van der Waals surface area contributed by atoms with Crippen LogP contribution in [0.15, 0.2) is 29.7 Å². The Bertz CT molecular complexity index is 251. The summed E-state index contributed by atoms with van der Waals surface area (Å²) in [7, 11) is 0. The highest BCUT2D eigenvalue weighted by molar-refractivity contribution is 7.10. The molecule has 0 saturated heterocycles. The van der Waals surface area contributed by atoms with E-state index in [1.54, 1.807) is 11.3 Å². The van der Waals surface area contributed by atoms with Crippen LogP contribution in [-0.2, 0) is 0 Å². The van der Waals surface area contributed by atoms with Gasteiger partial charge in [-0.1, -0.05) is 25.1 Å². The molecule has 0 amide bonds. The Kier molecular flexibility index (Phi) is 4.19.